The predicted octanol–water partition coefficient (Wildman–Crippen LogP) is 1.69. The zero-order valence-corrected chi connectivity index (χ0v) is 16.5. The molecule has 2 rings (SSSR count). The van der Waals surface area contributed by atoms with Crippen LogP contribution < -0.4 is 20.9 Å². The highest BCUT2D eigenvalue weighted by molar-refractivity contribution is 7.89. The minimum atomic E-state index is -3.76. The van der Waals surface area contributed by atoms with E-state index in [0.717, 1.165) is 12.8 Å². The van der Waals surface area contributed by atoms with Gasteiger partial charge in [-0.05, 0) is 64.0 Å². The molecule has 0 radical (unpaired) electrons. The Morgan fingerprint density at radius 1 is 1.24 bits per heavy atom. The van der Waals surface area contributed by atoms with E-state index in [1.54, 1.807) is 0 Å². The zero-order valence-electron chi connectivity index (χ0n) is 14.1. The molecule has 138 valence electrons. The molecule has 1 amide bonds. The van der Waals surface area contributed by atoms with Gasteiger partial charge < -0.3 is 5.32 Å². The molecule has 0 unspecified atom stereocenters. The van der Waals surface area contributed by atoms with Crippen LogP contribution in [-0.4, -0.2) is 31.0 Å². The lowest BCUT2D eigenvalue weighted by atomic mass is 10.1. The van der Waals surface area contributed by atoms with Crippen LogP contribution in [0.3, 0.4) is 0 Å². The number of nitrogens with one attached hydrogen (secondary N) is 4. The molecule has 7 nitrogen and oxygen atoms in total. The highest BCUT2D eigenvalue weighted by atomic mass is 35.5. The summed E-state index contributed by atoms with van der Waals surface area (Å²) in [4.78, 5) is 12.1. The SMILES string of the molecule is CC(C)(C)NC(=S)NNC(=O)c1ccc(Cl)c(S(=O)(=O)NC2CC2)c1. The van der Waals surface area contributed by atoms with Crippen molar-refractivity contribution < 1.29 is 13.2 Å². The van der Waals surface area contributed by atoms with Crippen molar-refractivity contribution in [3.05, 3.63) is 28.8 Å². The summed E-state index contributed by atoms with van der Waals surface area (Å²) in [5.74, 6) is -0.530. The fraction of sp³-hybridized carbons (Fsp3) is 0.467. The van der Waals surface area contributed by atoms with Crippen molar-refractivity contribution in [2.75, 3.05) is 0 Å². The van der Waals surface area contributed by atoms with Crippen LogP contribution in [0, 0.1) is 0 Å². The van der Waals surface area contributed by atoms with Gasteiger partial charge in [0.05, 0.1) is 5.02 Å². The molecule has 1 saturated carbocycles. The number of carbonyl (C=O) groups excluding carboxylic acids is 1. The van der Waals surface area contributed by atoms with E-state index in [4.69, 9.17) is 23.8 Å². The average Bonchev–Trinajstić information content (AvgIpc) is 3.26. The van der Waals surface area contributed by atoms with Crippen molar-refractivity contribution >= 4 is 44.9 Å². The third-order valence-electron chi connectivity index (χ3n) is 3.16. The molecule has 1 aliphatic carbocycles. The first kappa shape index (κ1) is 19.9. The molecule has 1 aromatic carbocycles. The minimum absolute atomic E-state index is 0.0546. The number of hydrogen-bond acceptors (Lipinski definition) is 4. The highest BCUT2D eigenvalue weighted by Crippen LogP contribution is 2.26. The van der Waals surface area contributed by atoms with Gasteiger partial charge in [0.25, 0.3) is 5.91 Å². The highest BCUT2D eigenvalue weighted by Gasteiger charge is 2.29. The van der Waals surface area contributed by atoms with Crippen molar-refractivity contribution in [1.82, 2.24) is 20.9 Å². The second-order valence-electron chi connectivity index (χ2n) is 6.82. The Balaban J connectivity index is 2.08. The van der Waals surface area contributed by atoms with Gasteiger partial charge in [-0.2, -0.15) is 0 Å². The number of benzene rings is 1. The molecule has 0 aliphatic heterocycles. The number of amides is 1. The Labute approximate surface area is 157 Å². The Hall–Kier alpha value is -1.42. The molecule has 10 heteroatoms. The number of thiocarbonyl (C=S) groups is 1. The molecule has 4 N–H and O–H groups in total. The molecule has 0 spiro atoms. The summed E-state index contributed by atoms with van der Waals surface area (Å²) < 4.78 is 27.2. The van der Waals surface area contributed by atoms with E-state index in [9.17, 15) is 13.2 Å². The molecule has 0 saturated heterocycles. The molecule has 1 fully saturated rings. The fourth-order valence-corrected chi connectivity index (χ4v) is 4.08. The van der Waals surface area contributed by atoms with Gasteiger partial charge in [0.15, 0.2) is 5.11 Å². The summed E-state index contributed by atoms with van der Waals surface area (Å²) in [5.41, 5.74) is 4.88. The lowest BCUT2D eigenvalue weighted by molar-refractivity contribution is 0.0943. The first-order chi connectivity index (χ1) is 11.5. The van der Waals surface area contributed by atoms with E-state index in [1.165, 1.54) is 18.2 Å². The smallest absolute Gasteiger partial charge is 0.269 e. The van der Waals surface area contributed by atoms with Crippen LogP contribution in [0.15, 0.2) is 23.1 Å². The summed E-state index contributed by atoms with van der Waals surface area (Å²) in [7, 11) is -3.76. The van der Waals surface area contributed by atoms with Gasteiger partial charge in [-0.3, -0.25) is 15.6 Å². The van der Waals surface area contributed by atoms with Gasteiger partial charge in [0.2, 0.25) is 10.0 Å². The van der Waals surface area contributed by atoms with Crippen LogP contribution in [0.5, 0.6) is 0 Å². The van der Waals surface area contributed by atoms with Gasteiger partial charge >= 0.3 is 0 Å². The largest absolute Gasteiger partial charge is 0.357 e. The van der Waals surface area contributed by atoms with Crippen LogP contribution in [0.2, 0.25) is 5.02 Å². The number of sulfonamides is 1. The third-order valence-corrected chi connectivity index (χ3v) is 5.37. The lowest BCUT2D eigenvalue weighted by Crippen LogP contribution is -2.52. The van der Waals surface area contributed by atoms with E-state index in [1.807, 2.05) is 20.8 Å². The second kappa shape index (κ2) is 7.45. The van der Waals surface area contributed by atoms with E-state index < -0.39 is 15.9 Å². The van der Waals surface area contributed by atoms with Gasteiger partial charge in [-0.25, -0.2) is 13.1 Å². The maximum atomic E-state index is 12.3. The third kappa shape index (κ3) is 6.10. The van der Waals surface area contributed by atoms with E-state index >= 15 is 0 Å². The Morgan fingerprint density at radius 2 is 1.88 bits per heavy atom. The molecule has 25 heavy (non-hydrogen) atoms. The molecule has 1 aromatic rings. The minimum Gasteiger partial charge on any atom is -0.357 e. The Kier molecular flexibility index (Phi) is 5.93. The molecule has 0 bridgehead atoms. The van der Waals surface area contributed by atoms with Crippen molar-refractivity contribution in [2.45, 2.75) is 50.1 Å². The van der Waals surface area contributed by atoms with Crippen LogP contribution in [0.25, 0.3) is 0 Å². The van der Waals surface area contributed by atoms with E-state index in [0.29, 0.717) is 0 Å². The van der Waals surface area contributed by atoms with Crippen molar-refractivity contribution in [1.29, 1.82) is 0 Å². The van der Waals surface area contributed by atoms with Gasteiger partial charge in [-0.1, -0.05) is 11.6 Å². The number of rotatable bonds is 4. The maximum absolute atomic E-state index is 12.3. The first-order valence-corrected chi connectivity index (χ1v) is 9.95. The summed E-state index contributed by atoms with van der Waals surface area (Å²) in [6, 6.07) is 4.00. The number of hydrogen-bond donors (Lipinski definition) is 4. The quantitative estimate of drug-likeness (QED) is 0.450. The molecule has 0 atom stereocenters. The molecular weight excluding hydrogens is 384 g/mol. The topological polar surface area (TPSA) is 99.3 Å². The number of carbonyl (C=O) groups is 1. The second-order valence-corrected chi connectivity index (χ2v) is 9.32. The van der Waals surface area contributed by atoms with Gasteiger partial charge in [0, 0.05) is 17.1 Å². The van der Waals surface area contributed by atoms with E-state index in [2.05, 4.69) is 20.9 Å². The van der Waals surface area contributed by atoms with Crippen LogP contribution in [-0.2, 0) is 10.0 Å². The predicted molar refractivity (Wildman–Crippen MR) is 101 cm³/mol. The van der Waals surface area contributed by atoms with Crippen LogP contribution in [0.4, 0.5) is 0 Å². The number of halogens is 1. The summed E-state index contributed by atoms with van der Waals surface area (Å²) in [6.07, 6.45) is 1.61. The summed E-state index contributed by atoms with van der Waals surface area (Å²) in [5, 5.41) is 3.28. The lowest BCUT2D eigenvalue weighted by Gasteiger charge is -2.23. The summed E-state index contributed by atoms with van der Waals surface area (Å²) in [6.45, 7) is 5.77. The summed E-state index contributed by atoms with van der Waals surface area (Å²) >= 11 is 11.1. The average molecular weight is 405 g/mol. The molecule has 1 aliphatic rings. The molecule has 0 aromatic heterocycles. The van der Waals surface area contributed by atoms with Crippen molar-refractivity contribution in [2.24, 2.45) is 0 Å². The van der Waals surface area contributed by atoms with Crippen molar-refractivity contribution in [3.8, 4) is 0 Å². The van der Waals surface area contributed by atoms with Crippen LogP contribution in [0.1, 0.15) is 44.0 Å². The fourth-order valence-electron chi connectivity index (χ4n) is 1.89. The number of hydrazine groups is 1. The van der Waals surface area contributed by atoms with Crippen molar-refractivity contribution in [3.63, 3.8) is 0 Å². The molecular formula is C15H21ClN4O3S2. The standard InChI is InChI=1S/C15H21ClN4O3S2/c1-15(2,3)17-14(24)19-18-13(21)9-4-7-11(16)12(8-9)25(22,23)20-10-5-6-10/h4,7-8,10,20H,5-6H2,1-3H3,(H,18,21)(H2,17,19,24). The zero-order chi connectivity index (χ0) is 18.8. The molecule has 0 heterocycles. The Morgan fingerprint density at radius 3 is 2.44 bits per heavy atom. The monoisotopic (exact) mass is 404 g/mol. The van der Waals surface area contributed by atoms with Crippen LogP contribution >= 0.6 is 23.8 Å². The first-order valence-electron chi connectivity index (χ1n) is 7.68. The van der Waals surface area contributed by atoms with Gasteiger partial charge in [0.1, 0.15) is 4.90 Å². The van der Waals surface area contributed by atoms with Gasteiger partial charge in [-0.15, -0.1) is 0 Å². The Bertz CT molecular complexity index is 786. The normalized spacial score (nSPS) is 14.7. The van der Waals surface area contributed by atoms with E-state index in [-0.39, 0.29) is 32.2 Å². The maximum Gasteiger partial charge on any atom is 0.269 e.